The van der Waals surface area contributed by atoms with E-state index in [9.17, 15) is 18.0 Å². The third-order valence-corrected chi connectivity index (χ3v) is 2.80. The van der Waals surface area contributed by atoms with E-state index < -0.39 is 23.7 Å². The summed E-state index contributed by atoms with van der Waals surface area (Å²) in [6.45, 7) is 6.26. The molecule has 0 saturated carbocycles. The molecule has 19 heavy (non-hydrogen) atoms. The summed E-state index contributed by atoms with van der Waals surface area (Å²) in [6, 6.07) is 0.0486. The normalized spacial score (nSPS) is 17.3. The Labute approximate surface area is 111 Å². The Bertz CT molecular complexity index is 295. The first kappa shape index (κ1) is 18.2. The molecule has 7 heteroatoms. The number of hydrogen-bond acceptors (Lipinski definition) is 3. The molecule has 2 atom stereocenters. The van der Waals surface area contributed by atoms with E-state index in [2.05, 4.69) is 10.1 Å². The smallest absolute Gasteiger partial charge is 0.369 e. The van der Waals surface area contributed by atoms with E-state index >= 15 is 0 Å². The SMILES string of the molecule is CC(C)NC(C)(CCCOC(C)C(F)(F)F)C(N)=O. The second kappa shape index (κ2) is 7.09. The van der Waals surface area contributed by atoms with Gasteiger partial charge in [-0.15, -0.1) is 0 Å². The minimum atomic E-state index is -4.36. The average Bonchev–Trinajstić information content (AvgIpc) is 2.21. The van der Waals surface area contributed by atoms with E-state index in [0.29, 0.717) is 12.8 Å². The summed E-state index contributed by atoms with van der Waals surface area (Å²) in [5, 5.41) is 3.02. The predicted octanol–water partition coefficient (Wildman–Crippen LogP) is 1.98. The van der Waals surface area contributed by atoms with Crippen LogP contribution >= 0.6 is 0 Å². The van der Waals surface area contributed by atoms with Crippen molar-refractivity contribution in [3.05, 3.63) is 0 Å². The van der Waals surface area contributed by atoms with Gasteiger partial charge in [0.25, 0.3) is 0 Å². The Morgan fingerprint density at radius 2 is 1.84 bits per heavy atom. The molecule has 0 spiro atoms. The molecule has 0 rings (SSSR count). The maximum atomic E-state index is 12.2. The number of halogens is 3. The van der Waals surface area contributed by atoms with Gasteiger partial charge < -0.3 is 15.8 Å². The first-order chi connectivity index (χ1) is 8.49. The molecule has 0 aromatic heterocycles. The van der Waals surface area contributed by atoms with Crippen LogP contribution < -0.4 is 11.1 Å². The Morgan fingerprint density at radius 3 is 2.21 bits per heavy atom. The van der Waals surface area contributed by atoms with Gasteiger partial charge in [-0.05, 0) is 40.5 Å². The van der Waals surface area contributed by atoms with E-state index in [1.807, 2.05) is 13.8 Å². The average molecular weight is 284 g/mol. The van der Waals surface area contributed by atoms with Gasteiger partial charge in [0.2, 0.25) is 5.91 Å². The molecule has 0 aliphatic rings. The third-order valence-electron chi connectivity index (χ3n) is 2.80. The number of carbonyl (C=O) groups excluding carboxylic acids is 1. The first-order valence-corrected chi connectivity index (χ1v) is 6.25. The van der Waals surface area contributed by atoms with E-state index in [1.165, 1.54) is 0 Å². The molecule has 0 fully saturated rings. The van der Waals surface area contributed by atoms with Crippen LogP contribution in [0.15, 0.2) is 0 Å². The van der Waals surface area contributed by atoms with E-state index in [-0.39, 0.29) is 12.6 Å². The molecule has 0 aromatic rings. The molecular weight excluding hydrogens is 261 g/mol. The summed E-state index contributed by atoms with van der Waals surface area (Å²) in [4.78, 5) is 11.4. The third kappa shape index (κ3) is 6.77. The van der Waals surface area contributed by atoms with Gasteiger partial charge in [-0.25, -0.2) is 0 Å². The summed E-state index contributed by atoms with van der Waals surface area (Å²) in [5.74, 6) is -0.523. The van der Waals surface area contributed by atoms with Crippen molar-refractivity contribution in [3.63, 3.8) is 0 Å². The van der Waals surface area contributed by atoms with Crippen LogP contribution in [-0.4, -0.2) is 36.4 Å². The number of carbonyl (C=O) groups is 1. The van der Waals surface area contributed by atoms with Crippen molar-refractivity contribution in [2.75, 3.05) is 6.61 Å². The van der Waals surface area contributed by atoms with Gasteiger partial charge in [0, 0.05) is 12.6 Å². The molecular formula is C12H23F3N2O2. The number of ether oxygens (including phenoxy) is 1. The van der Waals surface area contributed by atoms with Crippen molar-refractivity contribution in [1.29, 1.82) is 0 Å². The van der Waals surface area contributed by atoms with Crippen LogP contribution in [0, 0.1) is 0 Å². The highest BCUT2D eigenvalue weighted by molar-refractivity contribution is 5.84. The zero-order valence-corrected chi connectivity index (χ0v) is 11.8. The summed E-state index contributed by atoms with van der Waals surface area (Å²) in [6.07, 6.45) is -5.52. The first-order valence-electron chi connectivity index (χ1n) is 6.25. The zero-order valence-electron chi connectivity index (χ0n) is 11.8. The lowest BCUT2D eigenvalue weighted by molar-refractivity contribution is -0.214. The maximum Gasteiger partial charge on any atom is 0.414 e. The van der Waals surface area contributed by atoms with Gasteiger partial charge >= 0.3 is 6.18 Å². The Morgan fingerprint density at radius 1 is 1.32 bits per heavy atom. The molecule has 0 saturated heterocycles. The van der Waals surface area contributed by atoms with Crippen molar-refractivity contribution in [1.82, 2.24) is 5.32 Å². The number of nitrogens with two attached hydrogens (primary N) is 1. The highest BCUT2D eigenvalue weighted by Crippen LogP contribution is 2.23. The zero-order chi connectivity index (χ0) is 15.3. The number of hydrogen-bond donors (Lipinski definition) is 2. The minimum absolute atomic E-state index is 0.0486. The summed E-state index contributed by atoms with van der Waals surface area (Å²) in [7, 11) is 0. The largest absolute Gasteiger partial charge is 0.414 e. The Kier molecular flexibility index (Phi) is 6.79. The number of primary amides is 1. The Balaban J connectivity index is 4.19. The van der Waals surface area contributed by atoms with Crippen molar-refractivity contribution in [2.45, 2.75) is 64.4 Å². The van der Waals surface area contributed by atoms with Crippen LogP contribution in [0.5, 0.6) is 0 Å². The lowest BCUT2D eigenvalue weighted by atomic mass is 9.94. The van der Waals surface area contributed by atoms with E-state index in [1.54, 1.807) is 6.92 Å². The molecule has 0 aliphatic carbocycles. The molecule has 114 valence electrons. The fraction of sp³-hybridized carbons (Fsp3) is 0.917. The summed E-state index contributed by atoms with van der Waals surface area (Å²) < 4.78 is 41.3. The number of rotatable bonds is 8. The van der Waals surface area contributed by atoms with Crippen molar-refractivity contribution in [3.8, 4) is 0 Å². The van der Waals surface area contributed by atoms with Crippen LogP contribution in [0.1, 0.15) is 40.5 Å². The van der Waals surface area contributed by atoms with Gasteiger partial charge in [-0.2, -0.15) is 13.2 Å². The van der Waals surface area contributed by atoms with Crippen molar-refractivity contribution >= 4 is 5.91 Å². The number of alkyl halides is 3. The predicted molar refractivity (Wildman–Crippen MR) is 66.6 cm³/mol. The second-order valence-corrected chi connectivity index (χ2v) is 5.15. The standard InChI is InChI=1S/C12H23F3N2O2/c1-8(2)17-11(4,10(16)18)6-5-7-19-9(3)12(13,14)15/h8-9,17H,5-7H2,1-4H3,(H2,16,18). The topological polar surface area (TPSA) is 64.3 Å². The molecule has 3 N–H and O–H groups in total. The fourth-order valence-electron chi connectivity index (χ4n) is 1.68. The van der Waals surface area contributed by atoms with Gasteiger partial charge in [0.05, 0.1) is 5.54 Å². The van der Waals surface area contributed by atoms with Crippen molar-refractivity contribution in [2.24, 2.45) is 5.73 Å². The van der Waals surface area contributed by atoms with Gasteiger partial charge in [0.1, 0.15) is 0 Å². The fourth-order valence-corrected chi connectivity index (χ4v) is 1.68. The monoisotopic (exact) mass is 284 g/mol. The van der Waals surface area contributed by atoms with E-state index in [4.69, 9.17) is 5.73 Å². The van der Waals surface area contributed by atoms with Crippen molar-refractivity contribution < 1.29 is 22.7 Å². The maximum absolute atomic E-state index is 12.2. The highest BCUT2D eigenvalue weighted by Gasteiger charge is 2.37. The van der Waals surface area contributed by atoms with Crippen LogP contribution in [0.3, 0.4) is 0 Å². The van der Waals surface area contributed by atoms with E-state index in [0.717, 1.165) is 6.92 Å². The molecule has 0 heterocycles. The van der Waals surface area contributed by atoms with Gasteiger partial charge in [0.15, 0.2) is 6.10 Å². The highest BCUT2D eigenvalue weighted by atomic mass is 19.4. The minimum Gasteiger partial charge on any atom is -0.369 e. The molecule has 0 aliphatic heterocycles. The van der Waals surface area contributed by atoms with Crippen LogP contribution in [0.25, 0.3) is 0 Å². The molecule has 0 radical (unpaired) electrons. The van der Waals surface area contributed by atoms with Gasteiger partial charge in [-0.3, -0.25) is 4.79 Å². The molecule has 2 unspecified atom stereocenters. The van der Waals surface area contributed by atoms with Crippen LogP contribution in [0.4, 0.5) is 13.2 Å². The molecule has 1 amide bonds. The number of amides is 1. The quantitative estimate of drug-likeness (QED) is 0.670. The van der Waals surface area contributed by atoms with Gasteiger partial charge in [-0.1, -0.05) is 0 Å². The molecule has 0 bridgehead atoms. The van der Waals surface area contributed by atoms with Crippen LogP contribution in [-0.2, 0) is 9.53 Å². The summed E-state index contributed by atoms with van der Waals surface area (Å²) in [5.41, 5.74) is 4.38. The lowest BCUT2D eigenvalue weighted by Crippen LogP contribution is -2.55. The Hall–Kier alpha value is -0.820. The lowest BCUT2D eigenvalue weighted by Gasteiger charge is -2.30. The number of nitrogens with one attached hydrogen (secondary N) is 1. The second-order valence-electron chi connectivity index (χ2n) is 5.15. The summed E-state index contributed by atoms with van der Waals surface area (Å²) >= 11 is 0. The van der Waals surface area contributed by atoms with Crippen LogP contribution in [0.2, 0.25) is 0 Å². The molecule has 4 nitrogen and oxygen atoms in total. The molecule has 0 aromatic carbocycles.